The number of hydrogen-bond donors (Lipinski definition) is 1. The van der Waals surface area contributed by atoms with Gasteiger partial charge in [0.2, 0.25) is 0 Å². The van der Waals surface area contributed by atoms with Crippen molar-refractivity contribution in [1.82, 2.24) is 0 Å². The second kappa shape index (κ2) is 9.57. The first-order chi connectivity index (χ1) is 13.3. The monoisotopic (exact) mass is 416 g/mol. The molecule has 3 aliphatic carbocycles. The molecule has 0 aromatic heterocycles. The Balaban J connectivity index is 1.68. The molecule has 0 aromatic carbocycles. The fourth-order valence-electron chi connectivity index (χ4n) is 4.81. The van der Waals surface area contributed by atoms with Crippen LogP contribution in [-0.4, -0.2) is 42.4 Å². The smallest absolute Gasteiger partial charge is 0.310 e. The maximum absolute atomic E-state index is 12.8. The van der Waals surface area contributed by atoms with Crippen molar-refractivity contribution in [1.29, 1.82) is 0 Å². The zero-order chi connectivity index (χ0) is 20.1. The van der Waals surface area contributed by atoms with Crippen molar-refractivity contribution in [2.45, 2.75) is 101 Å². The maximum atomic E-state index is 12.8. The molecule has 8 heteroatoms. The lowest BCUT2D eigenvalue weighted by Gasteiger charge is -2.34. The Morgan fingerprint density at radius 1 is 0.679 bits per heavy atom. The Kier molecular flexibility index (Phi) is 7.36. The third-order valence-electron chi connectivity index (χ3n) is 6.50. The number of carbonyl (C=O) groups excluding carboxylic acids is 2. The van der Waals surface area contributed by atoms with Crippen molar-refractivity contribution in [2.24, 2.45) is 11.8 Å². The van der Waals surface area contributed by atoms with Crippen LogP contribution in [0.1, 0.15) is 83.5 Å². The second-order valence-electron chi connectivity index (χ2n) is 8.56. The van der Waals surface area contributed by atoms with E-state index in [9.17, 15) is 22.6 Å². The normalized spacial score (nSPS) is 30.5. The quantitative estimate of drug-likeness (QED) is 0.540. The predicted octanol–water partition coefficient (Wildman–Crippen LogP) is 3.41. The minimum atomic E-state index is -4.26. The van der Waals surface area contributed by atoms with Crippen LogP contribution in [0.15, 0.2) is 0 Å². The van der Waals surface area contributed by atoms with Crippen molar-refractivity contribution in [3.05, 3.63) is 0 Å². The molecule has 7 nitrogen and oxygen atoms in total. The Hall–Kier alpha value is -1.15. The molecule has 0 aromatic rings. The predicted molar refractivity (Wildman–Crippen MR) is 102 cm³/mol. The molecule has 3 aliphatic rings. The molecule has 0 radical (unpaired) electrons. The lowest BCUT2D eigenvalue weighted by molar-refractivity contribution is -0.170. The number of hydrogen-bond acceptors (Lipinski definition) is 6. The van der Waals surface area contributed by atoms with Gasteiger partial charge in [-0.1, -0.05) is 12.8 Å². The van der Waals surface area contributed by atoms with Gasteiger partial charge in [-0.25, -0.2) is 0 Å². The van der Waals surface area contributed by atoms with Crippen molar-refractivity contribution < 1.29 is 32.0 Å². The second-order valence-corrected chi connectivity index (χ2v) is 10.3. The van der Waals surface area contributed by atoms with Gasteiger partial charge in [0.25, 0.3) is 10.1 Å². The molecule has 3 atom stereocenters. The van der Waals surface area contributed by atoms with E-state index in [2.05, 4.69) is 0 Å². The summed E-state index contributed by atoms with van der Waals surface area (Å²) in [4.78, 5) is 25.6. The Labute approximate surface area is 167 Å². The van der Waals surface area contributed by atoms with Gasteiger partial charge in [0, 0.05) is 0 Å². The number of carbonyl (C=O) groups is 2. The van der Waals surface area contributed by atoms with Gasteiger partial charge in [-0.05, 0) is 70.6 Å². The third-order valence-corrected chi connectivity index (χ3v) is 7.77. The zero-order valence-corrected chi connectivity index (χ0v) is 17.2. The molecular weight excluding hydrogens is 384 g/mol. The van der Waals surface area contributed by atoms with Gasteiger partial charge in [0.15, 0.2) is 0 Å². The summed E-state index contributed by atoms with van der Waals surface area (Å²) >= 11 is 0. The van der Waals surface area contributed by atoms with Crippen LogP contribution in [0.5, 0.6) is 0 Å². The molecule has 160 valence electrons. The van der Waals surface area contributed by atoms with Crippen LogP contribution in [0.4, 0.5) is 0 Å². The molecule has 28 heavy (non-hydrogen) atoms. The zero-order valence-electron chi connectivity index (χ0n) is 16.4. The maximum Gasteiger partial charge on any atom is 0.310 e. The minimum absolute atomic E-state index is 0.0885. The summed E-state index contributed by atoms with van der Waals surface area (Å²) in [6.07, 6.45) is 9.60. The van der Waals surface area contributed by atoms with E-state index < -0.39 is 39.1 Å². The summed E-state index contributed by atoms with van der Waals surface area (Å²) in [7, 11) is -4.26. The Morgan fingerprint density at radius 3 is 1.61 bits per heavy atom. The highest BCUT2D eigenvalue weighted by molar-refractivity contribution is 7.86. The molecule has 3 rings (SSSR count). The highest BCUT2D eigenvalue weighted by Crippen LogP contribution is 2.37. The largest absolute Gasteiger partial charge is 0.462 e. The summed E-state index contributed by atoms with van der Waals surface area (Å²) < 4.78 is 44.0. The van der Waals surface area contributed by atoms with Gasteiger partial charge < -0.3 is 9.47 Å². The fourth-order valence-corrected chi connectivity index (χ4v) is 5.70. The van der Waals surface area contributed by atoms with Crippen LogP contribution in [0.25, 0.3) is 0 Å². The van der Waals surface area contributed by atoms with Crippen LogP contribution in [0.2, 0.25) is 0 Å². The average molecular weight is 417 g/mol. The molecule has 0 amide bonds. The first kappa shape index (κ1) is 21.6. The summed E-state index contributed by atoms with van der Waals surface area (Å²) in [5, 5.41) is -1.03. The van der Waals surface area contributed by atoms with Gasteiger partial charge in [-0.2, -0.15) is 8.42 Å². The Bertz CT molecular complexity index is 647. The molecule has 0 saturated heterocycles. The molecular formula is C20H32O7S. The van der Waals surface area contributed by atoms with E-state index in [4.69, 9.17) is 9.47 Å². The van der Waals surface area contributed by atoms with Crippen LogP contribution in [-0.2, 0) is 29.2 Å². The van der Waals surface area contributed by atoms with Crippen LogP contribution < -0.4 is 0 Å². The van der Waals surface area contributed by atoms with E-state index >= 15 is 0 Å². The van der Waals surface area contributed by atoms with Crippen LogP contribution in [0, 0.1) is 11.8 Å². The molecule has 3 saturated carbocycles. The standard InChI is InChI=1S/C20H32O7S/c21-19(26-14-7-3-1-4-8-14)17-12-11-16(28(23,24)25)13-18(17)20(22)27-15-9-5-2-6-10-15/h14-18H,1-13H2,(H,23,24,25). The van der Waals surface area contributed by atoms with Crippen molar-refractivity contribution in [3.8, 4) is 0 Å². The highest BCUT2D eigenvalue weighted by atomic mass is 32.2. The number of esters is 2. The average Bonchev–Trinajstić information content (AvgIpc) is 2.68. The van der Waals surface area contributed by atoms with Gasteiger partial charge in [0.05, 0.1) is 17.1 Å². The van der Waals surface area contributed by atoms with E-state index in [0.29, 0.717) is 0 Å². The van der Waals surface area contributed by atoms with Gasteiger partial charge >= 0.3 is 11.9 Å². The van der Waals surface area contributed by atoms with Crippen molar-refractivity contribution in [3.63, 3.8) is 0 Å². The Morgan fingerprint density at radius 2 is 1.14 bits per heavy atom. The molecule has 3 unspecified atom stereocenters. The summed E-state index contributed by atoms with van der Waals surface area (Å²) in [5.74, 6) is -2.52. The topological polar surface area (TPSA) is 107 Å². The molecule has 0 spiro atoms. The van der Waals surface area contributed by atoms with E-state index in [1.807, 2.05) is 0 Å². The third kappa shape index (κ3) is 5.69. The lowest BCUT2D eigenvalue weighted by Crippen LogP contribution is -2.43. The first-order valence-electron chi connectivity index (χ1n) is 10.7. The van der Waals surface area contributed by atoms with E-state index in [0.717, 1.165) is 64.2 Å². The van der Waals surface area contributed by atoms with Crippen LogP contribution >= 0.6 is 0 Å². The van der Waals surface area contributed by atoms with E-state index in [-0.39, 0.29) is 31.5 Å². The molecule has 1 N–H and O–H groups in total. The number of ether oxygens (including phenoxy) is 2. The molecule has 0 aliphatic heterocycles. The summed E-state index contributed by atoms with van der Waals surface area (Å²) in [6, 6.07) is 0. The van der Waals surface area contributed by atoms with Gasteiger partial charge in [0.1, 0.15) is 12.2 Å². The van der Waals surface area contributed by atoms with Gasteiger partial charge in [-0.15, -0.1) is 0 Å². The van der Waals surface area contributed by atoms with Crippen LogP contribution in [0.3, 0.4) is 0 Å². The lowest BCUT2D eigenvalue weighted by atomic mass is 9.78. The van der Waals surface area contributed by atoms with E-state index in [1.165, 1.54) is 0 Å². The molecule has 3 fully saturated rings. The molecule has 0 bridgehead atoms. The fraction of sp³-hybridized carbons (Fsp3) is 0.900. The summed E-state index contributed by atoms with van der Waals surface area (Å²) in [6.45, 7) is 0. The van der Waals surface area contributed by atoms with Crippen molar-refractivity contribution >= 4 is 22.1 Å². The minimum Gasteiger partial charge on any atom is -0.462 e. The van der Waals surface area contributed by atoms with Gasteiger partial charge in [-0.3, -0.25) is 14.1 Å². The highest BCUT2D eigenvalue weighted by Gasteiger charge is 2.45. The SMILES string of the molecule is O=C(OC1CCCCC1)C1CCC(S(=O)(=O)O)CC1C(=O)OC1CCCCC1. The van der Waals surface area contributed by atoms with Crippen molar-refractivity contribution in [2.75, 3.05) is 0 Å². The summed E-state index contributed by atoms with van der Waals surface area (Å²) in [5.41, 5.74) is 0. The number of rotatable bonds is 5. The molecule has 0 heterocycles. The first-order valence-corrected chi connectivity index (χ1v) is 12.2. The van der Waals surface area contributed by atoms with E-state index in [1.54, 1.807) is 0 Å².